The third-order valence-corrected chi connectivity index (χ3v) is 9.12. The van der Waals surface area contributed by atoms with E-state index in [1.807, 2.05) is 33.9 Å². The molecule has 0 aliphatic heterocycles. The van der Waals surface area contributed by atoms with Gasteiger partial charge in [-0.3, -0.25) is 0 Å². The fourth-order valence-electron chi connectivity index (χ4n) is 2.11. The van der Waals surface area contributed by atoms with Crippen LogP contribution in [0.25, 0.3) is 0 Å². The van der Waals surface area contributed by atoms with Gasteiger partial charge in [0.1, 0.15) is 0 Å². The van der Waals surface area contributed by atoms with Crippen LogP contribution in [0.1, 0.15) is 38.0 Å². The number of halogens is 3. The SMILES string of the molecule is CC(C)(C)[Si](C)(C)O[C@@H](c1ccc(C(F)(F)F)cc1)[C@@H](CO)NC(=O)O. The third-order valence-electron chi connectivity index (χ3n) is 4.67. The van der Waals surface area contributed by atoms with E-state index in [0.29, 0.717) is 5.56 Å². The average Bonchev–Trinajstić information content (AvgIpc) is 2.48. The van der Waals surface area contributed by atoms with E-state index in [1.54, 1.807) is 0 Å². The molecule has 5 nitrogen and oxygen atoms in total. The molecule has 2 atom stereocenters. The number of alkyl halides is 3. The van der Waals surface area contributed by atoms with Crippen LogP contribution < -0.4 is 5.32 Å². The molecule has 0 fully saturated rings. The number of carboxylic acid groups (broad SMARTS) is 1. The second kappa shape index (κ2) is 7.97. The molecule has 0 heterocycles. The summed E-state index contributed by atoms with van der Waals surface area (Å²) in [6, 6.07) is 3.36. The molecule has 1 amide bonds. The Balaban J connectivity index is 3.29. The summed E-state index contributed by atoms with van der Waals surface area (Å²) in [5, 5.41) is 20.6. The summed E-state index contributed by atoms with van der Waals surface area (Å²) in [7, 11) is -2.40. The molecule has 0 saturated carbocycles. The number of aliphatic hydroxyl groups is 1. The zero-order valence-corrected chi connectivity index (χ0v) is 16.5. The quantitative estimate of drug-likeness (QED) is 0.626. The van der Waals surface area contributed by atoms with Gasteiger partial charge in [-0.15, -0.1) is 0 Å². The Hall–Kier alpha value is -1.58. The molecule has 0 aliphatic carbocycles. The highest BCUT2D eigenvalue weighted by Crippen LogP contribution is 2.41. The van der Waals surface area contributed by atoms with Gasteiger partial charge in [0.2, 0.25) is 0 Å². The molecule has 1 aromatic rings. The molecule has 0 aliphatic rings. The van der Waals surface area contributed by atoms with Crippen molar-refractivity contribution in [2.45, 2.75) is 57.2 Å². The largest absolute Gasteiger partial charge is 0.465 e. The second-order valence-corrected chi connectivity index (χ2v) is 12.4. The zero-order valence-electron chi connectivity index (χ0n) is 15.5. The predicted molar refractivity (Wildman–Crippen MR) is 94.5 cm³/mol. The lowest BCUT2D eigenvalue weighted by molar-refractivity contribution is -0.137. The van der Waals surface area contributed by atoms with Crippen LogP contribution in [0.3, 0.4) is 0 Å². The van der Waals surface area contributed by atoms with Gasteiger partial charge in [-0.2, -0.15) is 13.2 Å². The molecule has 148 valence electrons. The fourth-order valence-corrected chi connectivity index (χ4v) is 3.40. The molecule has 1 aromatic carbocycles. The highest BCUT2D eigenvalue weighted by molar-refractivity contribution is 6.74. The number of rotatable bonds is 6. The lowest BCUT2D eigenvalue weighted by atomic mass is 10.0. The number of hydrogen-bond acceptors (Lipinski definition) is 3. The maximum atomic E-state index is 12.8. The predicted octanol–water partition coefficient (Wildman–Crippen LogP) is 4.40. The van der Waals surface area contributed by atoms with Gasteiger partial charge in [0.15, 0.2) is 8.32 Å². The van der Waals surface area contributed by atoms with Gasteiger partial charge in [0.05, 0.1) is 24.3 Å². The van der Waals surface area contributed by atoms with E-state index >= 15 is 0 Å². The van der Waals surface area contributed by atoms with Crippen molar-refractivity contribution < 1.29 is 32.6 Å². The van der Waals surface area contributed by atoms with Crippen LogP contribution in [0.15, 0.2) is 24.3 Å². The summed E-state index contributed by atoms with van der Waals surface area (Å²) in [5.74, 6) is 0. The summed E-state index contributed by atoms with van der Waals surface area (Å²) in [6.45, 7) is 9.30. The molecular formula is C17H26F3NO4Si. The summed E-state index contributed by atoms with van der Waals surface area (Å²) in [5.41, 5.74) is -0.435. The van der Waals surface area contributed by atoms with Crippen molar-refractivity contribution in [3.8, 4) is 0 Å². The molecule has 1 rings (SSSR count). The lowest BCUT2D eigenvalue weighted by Crippen LogP contribution is -2.49. The minimum Gasteiger partial charge on any atom is -0.465 e. The number of benzene rings is 1. The van der Waals surface area contributed by atoms with Crippen LogP contribution >= 0.6 is 0 Å². The van der Waals surface area contributed by atoms with Crippen molar-refractivity contribution in [3.05, 3.63) is 35.4 Å². The first-order chi connectivity index (χ1) is 11.7. The van der Waals surface area contributed by atoms with E-state index in [4.69, 9.17) is 9.53 Å². The van der Waals surface area contributed by atoms with Crippen LogP contribution in [0, 0.1) is 0 Å². The normalized spacial score (nSPS) is 15.4. The molecule has 3 N–H and O–H groups in total. The molecule has 0 bridgehead atoms. The van der Waals surface area contributed by atoms with Crippen molar-refractivity contribution in [1.29, 1.82) is 0 Å². The van der Waals surface area contributed by atoms with E-state index in [0.717, 1.165) is 12.1 Å². The van der Waals surface area contributed by atoms with E-state index < -0.39 is 44.9 Å². The maximum Gasteiger partial charge on any atom is 0.416 e. The van der Waals surface area contributed by atoms with E-state index in [9.17, 15) is 23.1 Å². The van der Waals surface area contributed by atoms with Gasteiger partial charge in [-0.1, -0.05) is 32.9 Å². The Bertz CT molecular complexity index is 612. The summed E-state index contributed by atoms with van der Waals surface area (Å²) in [6.07, 6.45) is -6.72. The van der Waals surface area contributed by atoms with Crippen molar-refractivity contribution in [3.63, 3.8) is 0 Å². The monoisotopic (exact) mass is 393 g/mol. The van der Waals surface area contributed by atoms with Gasteiger partial charge in [-0.05, 0) is 35.8 Å². The molecule has 0 spiro atoms. The smallest absolute Gasteiger partial charge is 0.416 e. The lowest BCUT2D eigenvalue weighted by Gasteiger charge is -2.41. The number of aliphatic hydroxyl groups excluding tert-OH is 1. The molecule has 26 heavy (non-hydrogen) atoms. The topological polar surface area (TPSA) is 78.8 Å². The van der Waals surface area contributed by atoms with Crippen molar-refractivity contribution in [1.82, 2.24) is 5.32 Å². The van der Waals surface area contributed by atoms with Gasteiger partial charge < -0.3 is 20.0 Å². The standard InChI is InChI=1S/C17H26F3NO4Si/c1-16(2,3)26(4,5)25-14(13(10-22)21-15(23)24)11-6-8-12(9-7-11)17(18,19)20/h6-9,13-14,21-22H,10H2,1-5H3,(H,23,24)/t13-,14+/m1/s1. The van der Waals surface area contributed by atoms with Crippen LogP contribution in [-0.4, -0.2) is 37.3 Å². The van der Waals surface area contributed by atoms with E-state index in [-0.39, 0.29) is 5.04 Å². The minimum atomic E-state index is -4.47. The third kappa shape index (κ3) is 5.71. The molecular weight excluding hydrogens is 367 g/mol. The fraction of sp³-hybridized carbons (Fsp3) is 0.588. The van der Waals surface area contributed by atoms with Crippen LogP contribution in [-0.2, 0) is 10.6 Å². The Morgan fingerprint density at radius 1 is 1.19 bits per heavy atom. The van der Waals surface area contributed by atoms with Crippen molar-refractivity contribution >= 4 is 14.4 Å². The summed E-state index contributed by atoms with van der Waals surface area (Å²) >= 11 is 0. The molecule has 9 heteroatoms. The first-order valence-corrected chi connectivity index (χ1v) is 11.0. The zero-order chi connectivity index (χ0) is 20.3. The van der Waals surface area contributed by atoms with Crippen molar-refractivity contribution in [2.75, 3.05) is 6.61 Å². The highest BCUT2D eigenvalue weighted by atomic mass is 28.4. The van der Waals surface area contributed by atoms with Gasteiger partial charge in [0, 0.05) is 0 Å². The summed E-state index contributed by atoms with van der Waals surface area (Å²) in [4.78, 5) is 11.0. The van der Waals surface area contributed by atoms with Gasteiger partial charge in [-0.25, -0.2) is 4.79 Å². The Morgan fingerprint density at radius 3 is 2.04 bits per heavy atom. The van der Waals surface area contributed by atoms with E-state index in [2.05, 4.69) is 5.32 Å². The number of carbonyl (C=O) groups is 1. The maximum absolute atomic E-state index is 12.8. The number of nitrogens with one attached hydrogen (secondary N) is 1. The molecule has 0 saturated heterocycles. The molecule has 0 unspecified atom stereocenters. The summed E-state index contributed by atoms with van der Waals surface area (Å²) < 4.78 is 44.6. The average molecular weight is 393 g/mol. The van der Waals surface area contributed by atoms with Crippen LogP contribution in [0.2, 0.25) is 18.1 Å². The van der Waals surface area contributed by atoms with Crippen LogP contribution in [0.5, 0.6) is 0 Å². The van der Waals surface area contributed by atoms with Gasteiger partial charge in [0.25, 0.3) is 0 Å². The second-order valence-electron chi connectivity index (χ2n) is 7.66. The Labute approximate surface area is 152 Å². The Kier molecular flexibility index (Phi) is 6.89. The minimum absolute atomic E-state index is 0.208. The number of hydrogen-bond donors (Lipinski definition) is 3. The van der Waals surface area contributed by atoms with Gasteiger partial charge >= 0.3 is 12.3 Å². The first-order valence-electron chi connectivity index (χ1n) is 8.14. The van der Waals surface area contributed by atoms with E-state index in [1.165, 1.54) is 12.1 Å². The molecule has 0 aromatic heterocycles. The highest BCUT2D eigenvalue weighted by Gasteiger charge is 2.41. The molecule has 0 radical (unpaired) electrons. The Morgan fingerprint density at radius 2 is 1.69 bits per heavy atom. The van der Waals surface area contributed by atoms with Crippen LogP contribution in [0.4, 0.5) is 18.0 Å². The number of amides is 1. The first kappa shape index (κ1) is 22.5. The van der Waals surface area contributed by atoms with Crippen molar-refractivity contribution in [2.24, 2.45) is 0 Å².